The Morgan fingerprint density at radius 2 is 2.05 bits per heavy atom. The van der Waals surface area contributed by atoms with Crippen LogP contribution in [-0.2, 0) is 11.2 Å². The van der Waals surface area contributed by atoms with Gasteiger partial charge in [0.2, 0.25) is 5.95 Å². The van der Waals surface area contributed by atoms with Gasteiger partial charge in [-0.2, -0.15) is 9.61 Å². The van der Waals surface area contributed by atoms with Gasteiger partial charge in [0.25, 0.3) is 0 Å². The van der Waals surface area contributed by atoms with Crippen LogP contribution in [0.4, 0.5) is 5.95 Å². The van der Waals surface area contributed by atoms with Gasteiger partial charge >= 0.3 is 0 Å². The van der Waals surface area contributed by atoms with Crippen LogP contribution in [-0.4, -0.2) is 39.8 Å². The molecular formula is C16H19N5O. The SMILES string of the molecule is CCOCCc1c(-c2ccccc2)nc(NC)n2ncnc12. The number of hydrogen-bond donors (Lipinski definition) is 1. The summed E-state index contributed by atoms with van der Waals surface area (Å²) in [6.45, 7) is 3.33. The Morgan fingerprint density at radius 1 is 1.23 bits per heavy atom. The summed E-state index contributed by atoms with van der Waals surface area (Å²) in [6.07, 6.45) is 2.30. The molecule has 0 radical (unpaired) electrons. The second-order valence-corrected chi connectivity index (χ2v) is 4.82. The van der Waals surface area contributed by atoms with Crippen LogP contribution in [0.3, 0.4) is 0 Å². The molecule has 114 valence electrons. The smallest absolute Gasteiger partial charge is 0.226 e. The van der Waals surface area contributed by atoms with Crippen molar-refractivity contribution >= 4 is 11.6 Å². The molecule has 0 saturated heterocycles. The largest absolute Gasteiger partial charge is 0.381 e. The zero-order valence-corrected chi connectivity index (χ0v) is 12.8. The maximum absolute atomic E-state index is 5.51. The number of ether oxygens (including phenoxy) is 1. The molecule has 6 heteroatoms. The summed E-state index contributed by atoms with van der Waals surface area (Å²) >= 11 is 0. The van der Waals surface area contributed by atoms with Crippen LogP contribution in [0.1, 0.15) is 12.5 Å². The molecule has 1 aromatic carbocycles. The second-order valence-electron chi connectivity index (χ2n) is 4.82. The number of anilines is 1. The van der Waals surface area contributed by atoms with E-state index in [9.17, 15) is 0 Å². The first-order chi connectivity index (χ1) is 10.8. The van der Waals surface area contributed by atoms with Crippen LogP contribution < -0.4 is 5.32 Å². The highest BCUT2D eigenvalue weighted by atomic mass is 16.5. The van der Waals surface area contributed by atoms with Crippen molar-refractivity contribution in [3.05, 3.63) is 42.2 Å². The van der Waals surface area contributed by atoms with E-state index >= 15 is 0 Å². The first-order valence-corrected chi connectivity index (χ1v) is 7.38. The Hall–Kier alpha value is -2.47. The summed E-state index contributed by atoms with van der Waals surface area (Å²) in [5.74, 6) is 0.673. The summed E-state index contributed by atoms with van der Waals surface area (Å²) in [5.41, 5.74) is 3.86. The second kappa shape index (κ2) is 6.53. The molecule has 0 amide bonds. The molecule has 22 heavy (non-hydrogen) atoms. The van der Waals surface area contributed by atoms with Crippen molar-refractivity contribution in [2.24, 2.45) is 0 Å². The fraction of sp³-hybridized carbons (Fsp3) is 0.312. The molecule has 6 nitrogen and oxygen atoms in total. The highest BCUT2D eigenvalue weighted by molar-refractivity contribution is 5.71. The Kier molecular flexibility index (Phi) is 4.29. The van der Waals surface area contributed by atoms with Crippen LogP contribution in [0.2, 0.25) is 0 Å². The summed E-state index contributed by atoms with van der Waals surface area (Å²) < 4.78 is 7.24. The van der Waals surface area contributed by atoms with Gasteiger partial charge in [-0.05, 0) is 6.92 Å². The summed E-state index contributed by atoms with van der Waals surface area (Å²) in [4.78, 5) is 9.14. The highest BCUT2D eigenvalue weighted by Crippen LogP contribution is 2.26. The van der Waals surface area contributed by atoms with Crippen molar-refractivity contribution < 1.29 is 4.74 Å². The first kappa shape index (κ1) is 14.5. The zero-order valence-electron chi connectivity index (χ0n) is 12.8. The lowest BCUT2D eigenvalue weighted by Crippen LogP contribution is -2.09. The minimum atomic E-state index is 0.638. The number of rotatable bonds is 6. The van der Waals surface area contributed by atoms with Gasteiger partial charge in [0.05, 0.1) is 12.3 Å². The van der Waals surface area contributed by atoms with Gasteiger partial charge in [-0.15, -0.1) is 0 Å². The van der Waals surface area contributed by atoms with Crippen LogP contribution in [0.15, 0.2) is 36.7 Å². The fourth-order valence-electron chi connectivity index (χ4n) is 2.47. The minimum Gasteiger partial charge on any atom is -0.381 e. The quantitative estimate of drug-likeness (QED) is 0.708. The number of fused-ring (bicyclic) bond motifs is 1. The molecule has 0 atom stereocenters. The Balaban J connectivity index is 2.17. The molecule has 0 aliphatic carbocycles. The standard InChI is InChI=1S/C16H19N5O/c1-3-22-10-9-13-14(12-7-5-4-6-8-12)20-16(17-2)21-15(13)18-11-19-21/h4-8,11H,3,9-10H2,1-2H3,(H,17,20). The van der Waals surface area contributed by atoms with E-state index in [1.807, 2.05) is 32.2 Å². The number of nitrogens with zero attached hydrogens (tertiary/aromatic N) is 4. The third-order valence-corrected chi connectivity index (χ3v) is 3.49. The molecule has 0 bridgehead atoms. The molecule has 0 aliphatic rings. The molecular weight excluding hydrogens is 278 g/mol. The maximum atomic E-state index is 5.51. The van der Waals surface area contributed by atoms with Crippen molar-refractivity contribution in [3.63, 3.8) is 0 Å². The van der Waals surface area contributed by atoms with E-state index in [-0.39, 0.29) is 0 Å². The summed E-state index contributed by atoms with van der Waals surface area (Å²) in [7, 11) is 1.83. The van der Waals surface area contributed by atoms with E-state index in [2.05, 4.69) is 27.5 Å². The zero-order chi connectivity index (χ0) is 15.4. The van der Waals surface area contributed by atoms with Gasteiger partial charge < -0.3 is 10.1 Å². The lowest BCUT2D eigenvalue weighted by Gasteiger charge is -2.13. The molecule has 0 saturated carbocycles. The number of aromatic nitrogens is 4. The van der Waals surface area contributed by atoms with E-state index < -0.39 is 0 Å². The van der Waals surface area contributed by atoms with Gasteiger partial charge in [0.15, 0.2) is 5.65 Å². The van der Waals surface area contributed by atoms with Gasteiger partial charge in [-0.3, -0.25) is 0 Å². The first-order valence-electron chi connectivity index (χ1n) is 7.38. The molecule has 1 N–H and O–H groups in total. The molecule has 0 spiro atoms. The number of hydrogen-bond acceptors (Lipinski definition) is 5. The molecule has 0 fully saturated rings. The van der Waals surface area contributed by atoms with Gasteiger partial charge in [0, 0.05) is 31.2 Å². The molecule has 0 unspecified atom stereocenters. The van der Waals surface area contributed by atoms with E-state index in [4.69, 9.17) is 9.72 Å². The monoisotopic (exact) mass is 297 g/mol. The molecule has 2 heterocycles. The predicted octanol–water partition coefficient (Wildman–Crippen LogP) is 2.41. The van der Waals surface area contributed by atoms with Crippen LogP contribution in [0, 0.1) is 0 Å². The topological polar surface area (TPSA) is 64.3 Å². The normalized spacial score (nSPS) is 11.0. The van der Waals surface area contributed by atoms with Crippen molar-refractivity contribution in [1.29, 1.82) is 0 Å². The Bertz CT molecular complexity index is 754. The average Bonchev–Trinajstić information content (AvgIpc) is 3.05. The highest BCUT2D eigenvalue weighted by Gasteiger charge is 2.16. The van der Waals surface area contributed by atoms with Crippen LogP contribution >= 0.6 is 0 Å². The van der Waals surface area contributed by atoms with Crippen molar-refractivity contribution in [1.82, 2.24) is 19.6 Å². The van der Waals surface area contributed by atoms with E-state index in [1.165, 1.54) is 0 Å². The lowest BCUT2D eigenvalue weighted by atomic mass is 10.0. The minimum absolute atomic E-state index is 0.638. The fourth-order valence-corrected chi connectivity index (χ4v) is 2.47. The third-order valence-electron chi connectivity index (χ3n) is 3.49. The van der Waals surface area contributed by atoms with Gasteiger partial charge in [0.1, 0.15) is 6.33 Å². The van der Waals surface area contributed by atoms with E-state index in [1.54, 1.807) is 10.8 Å². The van der Waals surface area contributed by atoms with Gasteiger partial charge in [-0.25, -0.2) is 9.97 Å². The van der Waals surface area contributed by atoms with Crippen LogP contribution in [0.25, 0.3) is 16.9 Å². The van der Waals surface area contributed by atoms with Gasteiger partial charge in [-0.1, -0.05) is 30.3 Å². The molecule has 0 aliphatic heterocycles. The average molecular weight is 297 g/mol. The third kappa shape index (κ3) is 2.65. The Labute approximate surface area is 129 Å². The maximum Gasteiger partial charge on any atom is 0.226 e. The lowest BCUT2D eigenvalue weighted by molar-refractivity contribution is 0.151. The Morgan fingerprint density at radius 3 is 2.77 bits per heavy atom. The van der Waals surface area contributed by atoms with Crippen molar-refractivity contribution in [2.45, 2.75) is 13.3 Å². The van der Waals surface area contributed by atoms with E-state index in [0.29, 0.717) is 19.2 Å². The summed E-state index contributed by atoms with van der Waals surface area (Å²) in [6, 6.07) is 10.1. The van der Waals surface area contributed by atoms with Crippen LogP contribution in [0.5, 0.6) is 0 Å². The van der Waals surface area contributed by atoms with E-state index in [0.717, 1.165) is 28.9 Å². The molecule has 3 aromatic rings. The molecule has 3 rings (SSSR count). The predicted molar refractivity (Wildman–Crippen MR) is 86.0 cm³/mol. The molecule has 2 aromatic heterocycles. The number of nitrogens with one attached hydrogen (secondary N) is 1. The van der Waals surface area contributed by atoms with Crippen molar-refractivity contribution in [3.8, 4) is 11.3 Å². The van der Waals surface area contributed by atoms with Crippen molar-refractivity contribution in [2.75, 3.05) is 25.6 Å². The summed E-state index contributed by atoms with van der Waals surface area (Å²) in [5, 5.41) is 7.33. The number of benzene rings is 1.